The average molecular weight is 457 g/mol. The fourth-order valence-corrected chi connectivity index (χ4v) is 4.56. The summed E-state index contributed by atoms with van der Waals surface area (Å²) in [6.07, 6.45) is 9.47. The van der Waals surface area contributed by atoms with E-state index in [1.54, 1.807) is 6.20 Å². The number of aromatic nitrogens is 1. The summed E-state index contributed by atoms with van der Waals surface area (Å²) in [5.74, 6) is 0. The number of allylic oxidation sites excluding steroid dienone is 3. The van der Waals surface area contributed by atoms with Gasteiger partial charge in [-0.25, -0.2) is 0 Å². The summed E-state index contributed by atoms with van der Waals surface area (Å²) < 4.78 is 0. The molecule has 35 heavy (non-hydrogen) atoms. The number of aliphatic imine (C=N–C) groups is 1. The molecule has 0 saturated carbocycles. The van der Waals surface area contributed by atoms with Crippen LogP contribution in [-0.2, 0) is 5.41 Å². The first-order valence-electron chi connectivity index (χ1n) is 12.0. The maximum Gasteiger partial charge on any atom is 0.0273 e. The quantitative estimate of drug-likeness (QED) is 0.210. The van der Waals surface area contributed by atoms with Crippen LogP contribution in [0.15, 0.2) is 115 Å². The van der Waals surface area contributed by atoms with Crippen LogP contribution in [0.4, 0.5) is 0 Å². The fraction of sp³-hybridized carbons (Fsp3) is 0.152. The average Bonchev–Trinajstić information content (AvgIpc) is 2.89. The third-order valence-corrected chi connectivity index (χ3v) is 6.22. The van der Waals surface area contributed by atoms with Gasteiger partial charge in [0.1, 0.15) is 0 Å². The Morgan fingerprint density at radius 2 is 1.26 bits per heavy atom. The lowest BCUT2D eigenvalue weighted by atomic mass is 9.77. The largest absolute Gasteiger partial charge is 0.272 e. The van der Waals surface area contributed by atoms with E-state index in [4.69, 9.17) is 0 Å². The van der Waals surface area contributed by atoms with Gasteiger partial charge in [-0.15, -0.1) is 0 Å². The van der Waals surface area contributed by atoms with Crippen molar-refractivity contribution < 1.29 is 0 Å². The SMILES string of the molecule is C=N/C=C\C(=C/C)c1ccc(-c2cccc(-c3ccc(-c4ccncc4)cc3)c2C(C)(C)C)cc1. The first-order chi connectivity index (χ1) is 16.9. The molecule has 1 aromatic heterocycles. The topological polar surface area (TPSA) is 25.2 Å². The molecule has 0 saturated heterocycles. The van der Waals surface area contributed by atoms with Gasteiger partial charge in [-0.2, -0.15) is 0 Å². The highest BCUT2D eigenvalue weighted by Crippen LogP contribution is 2.40. The molecule has 0 spiro atoms. The van der Waals surface area contributed by atoms with Gasteiger partial charge in [-0.1, -0.05) is 93.6 Å². The van der Waals surface area contributed by atoms with Gasteiger partial charge >= 0.3 is 0 Å². The summed E-state index contributed by atoms with van der Waals surface area (Å²) in [6, 6.07) is 28.4. The van der Waals surface area contributed by atoms with Crippen molar-refractivity contribution in [3.05, 3.63) is 121 Å². The normalized spacial score (nSPS) is 12.2. The molecule has 0 aliphatic heterocycles. The predicted molar refractivity (Wildman–Crippen MR) is 152 cm³/mol. The van der Waals surface area contributed by atoms with Crippen molar-refractivity contribution >= 4 is 12.3 Å². The van der Waals surface area contributed by atoms with Gasteiger partial charge in [-0.3, -0.25) is 9.98 Å². The molecule has 0 atom stereocenters. The Hall–Kier alpha value is -4.04. The van der Waals surface area contributed by atoms with E-state index < -0.39 is 0 Å². The van der Waals surface area contributed by atoms with E-state index in [0.29, 0.717) is 0 Å². The van der Waals surface area contributed by atoms with Crippen LogP contribution in [0, 0.1) is 0 Å². The molecule has 0 fully saturated rings. The van der Waals surface area contributed by atoms with Crippen LogP contribution >= 0.6 is 0 Å². The van der Waals surface area contributed by atoms with Crippen LogP contribution in [0.1, 0.15) is 38.8 Å². The summed E-state index contributed by atoms with van der Waals surface area (Å²) in [4.78, 5) is 7.97. The number of rotatable bonds is 6. The van der Waals surface area contributed by atoms with E-state index in [2.05, 4.69) is 110 Å². The molecule has 1 heterocycles. The van der Waals surface area contributed by atoms with Crippen molar-refractivity contribution in [2.75, 3.05) is 0 Å². The molecular weight excluding hydrogens is 424 g/mol. The molecule has 174 valence electrons. The minimum Gasteiger partial charge on any atom is -0.272 e. The van der Waals surface area contributed by atoms with E-state index in [0.717, 1.165) is 11.1 Å². The molecule has 0 radical (unpaired) electrons. The molecule has 2 heteroatoms. The summed E-state index contributed by atoms with van der Waals surface area (Å²) in [5, 5.41) is 0. The van der Waals surface area contributed by atoms with E-state index in [9.17, 15) is 0 Å². The highest BCUT2D eigenvalue weighted by Gasteiger charge is 2.23. The Morgan fingerprint density at radius 3 is 1.77 bits per heavy atom. The number of hydrogen-bond acceptors (Lipinski definition) is 2. The highest BCUT2D eigenvalue weighted by molar-refractivity contribution is 5.82. The maximum absolute atomic E-state index is 4.13. The van der Waals surface area contributed by atoms with Crippen LogP contribution in [0.5, 0.6) is 0 Å². The van der Waals surface area contributed by atoms with Gasteiger partial charge in [0.2, 0.25) is 0 Å². The van der Waals surface area contributed by atoms with Crippen LogP contribution < -0.4 is 0 Å². The minimum atomic E-state index is -0.0266. The van der Waals surface area contributed by atoms with Crippen molar-refractivity contribution in [2.45, 2.75) is 33.1 Å². The van der Waals surface area contributed by atoms with Gasteiger partial charge in [0.05, 0.1) is 0 Å². The summed E-state index contributed by atoms with van der Waals surface area (Å²) in [7, 11) is 0. The van der Waals surface area contributed by atoms with Gasteiger partial charge < -0.3 is 0 Å². The van der Waals surface area contributed by atoms with Gasteiger partial charge in [0, 0.05) is 18.6 Å². The second-order valence-corrected chi connectivity index (χ2v) is 9.61. The van der Waals surface area contributed by atoms with Crippen LogP contribution in [-0.4, -0.2) is 11.7 Å². The maximum atomic E-state index is 4.13. The number of pyridine rings is 1. The lowest BCUT2D eigenvalue weighted by molar-refractivity contribution is 0.593. The molecular formula is C33H32N2. The van der Waals surface area contributed by atoms with Crippen molar-refractivity contribution in [3.8, 4) is 33.4 Å². The van der Waals surface area contributed by atoms with Gasteiger partial charge in [0.15, 0.2) is 0 Å². The summed E-state index contributed by atoms with van der Waals surface area (Å²) >= 11 is 0. The summed E-state index contributed by atoms with van der Waals surface area (Å²) in [5.41, 5.74) is 11.0. The molecule has 2 nitrogen and oxygen atoms in total. The van der Waals surface area contributed by atoms with E-state index in [1.807, 2.05) is 37.5 Å². The minimum absolute atomic E-state index is 0.0266. The second-order valence-electron chi connectivity index (χ2n) is 9.61. The smallest absolute Gasteiger partial charge is 0.0273 e. The van der Waals surface area contributed by atoms with Crippen molar-refractivity contribution in [1.82, 2.24) is 4.98 Å². The Kier molecular flexibility index (Phi) is 7.22. The van der Waals surface area contributed by atoms with Gasteiger partial charge in [-0.05, 0) is 87.3 Å². The molecule has 0 bridgehead atoms. The van der Waals surface area contributed by atoms with E-state index in [1.165, 1.54) is 38.9 Å². The van der Waals surface area contributed by atoms with Crippen LogP contribution in [0.3, 0.4) is 0 Å². The second kappa shape index (κ2) is 10.5. The molecule has 0 amide bonds. The third-order valence-electron chi connectivity index (χ3n) is 6.22. The molecule has 3 aromatic carbocycles. The Balaban J connectivity index is 1.77. The zero-order chi connectivity index (χ0) is 24.8. The number of nitrogens with zero attached hydrogens (tertiary/aromatic N) is 2. The molecule has 4 rings (SSSR count). The first kappa shape index (κ1) is 24.1. The summed E-state index contributed by atoms with van der Waals surface area (Å²) in [6.45, 7) is 12.4. The van der Waals surface area contributed by atoms with Gasteiger partial charge in [0.25, 0.3) is 0 Å². The molecule has 0 N–H and O–H groups in total. The van der Waals surface area contributed by atoms with Crippen molar-refractivity contribution in [3.63, 3.8) is 0 Å². The van der Waals surface area contributed by atoms with Crippen LogP contribution in [0.2, 0.25) is 0 Å². The fourth-order valence-electron chi connectivity index (χ4n) is 4.56. The third kappa shape index (κ3) is 5.38. The standard InChI is InChI=1S/C33H32N2/c1-6-24(18-21-34-5)25-10-14-28(15-11-25)30-8-7-9-31(32(30)33(2,3)4)29-16-12-26(13-17-29)27-19-22-35-23-20-27/h6-23H,5H2,1-4H3/b21-18-,24-6+. The number of hydrogen-bond donors (Lipinski definition) is 0. The highest BCUT2D eigenvalue weighted by atomic mass is 14.6. The molecule has 0 unspecified atom stereocenters. The Labute approximate surface area is 209 Å². The molecule has 4 aromatic rings. The molecule has 0 aliphatic rings. The molecule has 0 aliphatic carbocycles. The zero-order valence-corrected chi connectivity index (χ0v) is 21.0. The Morgan fingerprint density at radius 1 is 0.743 bits per heavy atom. The number of benzene rings is 3. The van der Waals surface area contributed by atoms with Crippen LogP contribution in [0.25, 0.3) is 39.0 Å². The lowest BCUT2D eigenvalue weighted by Crippen LogP contribution is -2.14. The zero-order valence-electron chi connectivity index (χ0n) is 21.0. The van der Waals surface area contributed by atoms with E-state index >= 15 is 0 Å². The monoisotopic (exact) mass is 456 g/mol. The predicted octanol–water partition coefficient (Wildman–Crippen LogP) is 9.00. The first-order valence-corrected chi connectivity index (χ1v) is 12.0. The van der Waals surface area contributed by atoms with Crippen molar-refractivity contribution in [2.24, 2.45) is 4.99 Å². The Bertz CT molecular complexity index is 1350. The lowest BCUT2D eigenvalue weighted by Gasteiger charge is -2.27. The van der Waals surface area contributed by atoms with E-state index in [-0.39, 0.29) is 5.41 Å². The van der Waals surface area contributed by atoms with Crippen molar-refractivity contribution in [1.29, 1.82) is 0 Å².